The lowest BCUT2D eigenvalue weighted by molar-refractivity contribution is 0.103. The predicted octanol–water partition coefficient (Wildman–Crippen LogP) is 7.49. The van der Waals surface area contributed by atoms with Crippen LogP contribution in [0.4, 0.5) is 4.79 Å². The summed E-state index contributed by atoms with van der Waals surface area (Å²) in [6.07, 6.45) is 4.89. The molecule has 168 valence electrons. The Labute approximate surface area is 190 Å². The van der Waals surface area contributed by atoms with Gasteiger partial charge in [-0.1, -0.05) is 106 Å². The number of unbranched alkanes of at least 4 members (excludes halogenated alkanes) is 3. The average molecular weight is 433 g/mol. The van der Waals surface area contributed by atoms with Gasteiger partial charge in [0.25, 0.3) is 0 Å². The van der Waals surface area contributed by atoms with Gasteiger partial charge in [-0.15, -0.1) is 0 Å². The molecule has 4 heteroatoms. The molecule has 0 heterocycles. The minimum absolute atomic E-state index is 0.139. The van der Waals surface area contributed by atoms with E-state index < -0.39 is 6.16 Å². The number of hydrogen-bond donors (Lipinski definition) is 2. The summed E-state index contributed by atoms with van der Waals surface area (Å²) in [6.45, 7) is 4.44. The summed E-state index contributed by atoms with van der Waals surface area (Å²) in [5.41, 5.74) is 6.70. The highest BCUT2D eigenvalue weighted by molar-refractivity contribution is 6.10. The van der Waals surface area contributed by atoms with Crippen molar-refractivity contribution in [3.63, 3.8) is 0 Å². The minimum atomic E-state index is -1.83. The first kappa shape index (κ1) is 24.9. The van der Waals surface area contributed by atoms with E-state index in [-0.39, 0.29) is 5.78 Å². The molecule has 4 nitrogen and oxygen atoms in total. The zero-order chi connectivity index (χ0) is 23.3. The van der Waals surface area contributed by atoms with E-state index in [4.69, 9.17) is 15.0 Å². The van der Waals surface area contributed by atoms with Crippen molar-refractivity contribution in [3.05, 3.63) is 95.1 Å². The predicted molar refractivity (Wildman–Crippen MR) is 130 cm³/mol. The summed E-state index contributed by atoms with van der Waals surface area (Å²) < 4.78 is 0. The molecule has 2 N–H and O–H groups in total. The van der Waals surface area contributed by atoms with Crippen molar-refractivity contribution in [2.75, 3.05) is 0 Å². The Morgan fingerprint density at radius 1 is 0.719 bits per heavy atom. The molecule has 0 radical (unpaired) electrons. The van der Waals surface area contributed by atoms with E-state index in [1.165, 1.54) is 41.5 Å². The Bertz CT molecular complexity index is 991. The standard InChI is InChI=1S/C27H30O.CH2O3/c1-3-5-6-13-18-25-23(4-2)24(21-14-9-7-10-15-21)19-20-26(25)27(28)22-16-11-8-12-17-22;2-1(3)4/h7-12,14-17,19-20H,3-6,13,18H2,1-2H3;(H2,2,3,4). The third-order valence-electron chi connectivity index (χ3n) is 5.43. The second-order valence-electron chi connectivity index (χ2n) is 7.63. The molecule has 0 aliphatic heterocycles. The average Bonchev–Trinajstić information content (AvgIpc) is 2.81. The summed E-state index contributed by atoms with van der Waals surface area (Å²) in [7, 11) is 0. The third kappa shape index (κ3) is 7.09. The van der Waals surface area contributed by atoms with Gasteiger partial charge in [0, 0.05) is 11.1 Å². The summed E-state index contributed by atoms with van der Waals surface area (Å²) in [5.74, 6) is 0.139. The van der Waals surface area contributed by atoms with Crippen LogP contribution in [0.25, 0.3) is 11.1 Å². The van der Waals surface area contributed by atoms with Gasteiger partial charge in [-0.3, -0.25) is 4.79 Å². The van der Waals surface area contributed by atoms with Crippen LogP contribution in [0.5, 0.6) is 0 Å². The number of hydrogen-bond acceptors (Lipinski definition) is 2. The maximum atomic E-state index is 13.3. The lowest BCUT2D eigenvalue weighted by Gasteiger charge is -2.18. The molecule has 0 atom stereocenters. The molecule has 32 heavy (non-hydrogen) atoms. The number of benzene rings is 3. The van der Waals surface area contributed by atoms with Crippen molar-refractivity contribution < 1.29 is 19.8 Å². The largest absolute Gasteiger partial charge is 0.503 e. The van der Waals surface area contributed by atoms with Crippen LogP contribution in [-0.4, -0.2) is 22.2 Å². The SMILES string of the molecule is CCCCCCc1c(C(=O)c2ccccc2)ccc(-c2ccccc2)c1CC.O=C(O)O. The molecule has 3 aromatic carbocycles. The molecule has 0 fully saturated rings. The van der Waals surface area contributed by atoms with E-state index in [2.05, 4.69) is 44.2 Å². The number of rotatable bonds is 9. The summed E-state index contributed by atoms with van der Waals surface area (Å²) in [5, 5.41) is 13.9. The van der Waals surface area contributed by atoms with Crippen LogP contribution in [0.2, 0.25) is 0 Å². The zero-order valence-corrected chi connectivity index (χ0v) is 18.9. The summed E-state index contributed by atoms with van der Waals surface area (Å²) in [6, 6.07) is 24.4. The number of carboxylic acid groups (broad SMARTS) is 2. The van der Waals surface area contributed by atoms with Gasteiger partial charge < -0.3 is 10.2 Å². The molecule has 0 unspecified atom stereocenters. The van der Waals surface area contributed by atoms with E-state index in [0.717, 1.165) is 30.4 Å². The number of ketones is 1. The second-order valence-corrected chi connectivity index (χ2v) is 7.63. The molecule has 0 aliphatic carbocycles. The first-order valence-corrected chi connectivity index (χ1v) is 11.2. The van der Waals surface area contributed by atoms with E-state index in [1.54, 1.807) is 0 Å². The van der Waals surface area contributed by atoms with Crippen LogP contribution < -0.4 is 0 Å². The smallest absolute Gasteiger partial charge is 0.450 e. The van der Waals surface area contributed by atoms with Gasteiger partial charge in [-0.25, -0.2) is 4.79 Å². The topological polar surface area (TPSA) is 74.6 Å². The Morgan fingerprint density at radius 2 is 1.31 bits per heavy atom. The fraction of sp³-hybridized carbons (Fsp3) is 0.286. The van der Waals surface area contributed by atoms with Gasteiger partial charge in [0.1, 0.15) is 0 Å². The Kier molecular flexibility index (Phi) is 10.2. The summed E-state index contributed by atoms with van der Waals surface area (Å²) >= 11 is 0. The molecule has 0 saturated heterocycles. The van der Waals surface area contributed by atoms with Crippen LogP contribution in [0.1, 0.15) is 66.6 Å². The first-order chi connectivity index (χ1) is 15.5. The van der Waals surface area contributed by atoms with Gasteiger partial charge in [0.15, 0.2) is 5.78 Å². The Hall–Kier alpha value is -3.40. The minimum Gasteiger partial charge on any atom is -0.450 e. The van der Waals surface area contributed by atoms with E-state index in [1.807, 2.05) is 42.5 Å². The van der Waals surface area contributed by atoms with Crippen LogP contribution in [-0.2, 0) is 12.8 Å². The zero-order valence-electron chi connectivity index (χ0n) is 18.9. The molecular formula is C28H32O4. The molecule has 0 spiro atoms. The van der Waals surface area contributed by atoms with Gasteiger partial charge in [0.2, 0.25) is 0 Å². The van der Waals surface area contributed by atoms with Gasteiger partial charge in [-0.2, -0.15) is 0 Å². The molecule has 3 rings (SSSR count). The Balaban J connectivity index is 0.000000837. The first-order valence-electron chi connectivity index (χ1n) is 11.2. The van der Waals surface area contributed by atoms with Crippen molar-refractivity contribution in [1.82, 2.24) is 0 Å². The monoisotopic (exact) mass is 432 g/mol. The number of carbonyl (C=O) groups is 2. The van der Waals surface area contributed by atoms with Crippen molar-refractivity contribution in [2.24, 2.45) is 0 Å². The van der Waals surface area contributed by atoms with Crippen molar-refractivity contribution in [3.8, 4) is 11.1 Å². The van der Waals surface area contributed by atoms with E-state index in [0.29, 0.717) is 0 Å². The van der Waals surface area contributed by atoms with Gasteiger partial charge in [0.05, 0.1) is 0 Å². The molecule has 0 amide bonds. The highest BCUT2D eigenvalue weighted by atomic mass is 16.6. The van der Waals surface area contributed by atoms with E-state index >= 15 is 0 Å². The van der Waals surface area contributed by atoms with E-state index in [9.17, 15) is 4.79 Å². The van der Waals surface area contributed by atoms with Crippen LogP contribution >= 0.6 is 0 Å². The molecule has 3 aromatic rings. The fourth-order valence-corrected chi connectivity index (χ4v) is 3.96. The molecule has 0 bridgehead atoms. The molecule has 0 aromatic heterocycles. The molecular weight excluding hydrogens is 400 g/mol. The fourth-order valence-electron chi connectivity index (χ4n) is 3.96. The number of carbonyl (C=O) groups excluding carboxylic acids is 1. The normalized spacial score (nSPS) is 10.2. The van der Waals surface area contributed by atoms with Gasteiger partial charge in [-0.05, 0) is 41.5 Å². The van der Waals surface area contributed by atoms with Crippen LogP contribution in [0, 0.1) is 0 Å². The van der Waals surface area contributed by atoms with Crippen molar-refractivity contribution in [2.45, 2.75) is 52.4 Å². The van der Waals surface area contributed by atoms with Crippen LogP contribution in [0.15, 0.2) is 72.8 Å². The van der Waals surface area contributed by atoms with Crippen molar-refractivity contribution >= 4 is 11.9 Å². The van der Waals surface area contributed by atoms with Crippen LogP contribution in [0.3, 0.4) is 0 Å². The quantitative estimate of drug-likeness (QED) is 0.271. The highest BCUT2D eigenvalue weighted by Crippen LogP contribution is 2.31. The third-order valence-corrected chi connectivity index (χ3v) is 5.43. The lowest BCUT2D eigenvalue weighted by atomic mass is 9.85. The summed E-state index contributed by atoms with van der Waals surface area (Å²) in [4.78, 5) is 21.8. The molecule has 0 aliphatic rings. The lowest BCUT2D eigenvalue weighted by Crippen LogP contribution is -2.09. The molecule has 0 saturated carbocycles. The highest BCUT2D eigenvalue weighted by Gasteiger charge is 2.19. The second kappa shape index (κ2) is 13.1. The Morgan fingerprint density at radius 3 is 1.88 bits per heavy atom. The van der Waals surface area contributed by atoms with Crippen molar-refractivity contribution in [1.29, 1.82) is 0 Å². The van der Waals surface area contributed by atoms with Gasteiger partial charge >= 0.3 is 6.16 Å². The maximum absolute atomic E-state index is 13.3. The maximum Gasteiger partial charge on any atom is 0.503 e.